The van der Waals surface area contributed by atoms with E-state index in [2.05, 4.69) is 65.2 Å². The van der Waals surface area contributed by atoms with Crippen LogP contribution in [0.4, 0.5) is 0 Å². The third-order valence-electron chi connectivity index (χ3n) is 11.2. The van der Waals surface area contributed by atoms with Crippen molar-refractivity contribution in [2.75, 3.05) is 0 Å². The number of para-hydroxylation sites is 5. The van der Waals surface area contributed by atoms with Gasteiger partial charge in [0.25, 0.3) is 0 Å². The minimum atomic E-state index is -0.407. The summed E-state index contributed by atoms with van der Waals surface area (Å²) in [5.41, 5.74) is 4.98. The van der Waals surface area contributed by atoms with Crippen LogP contribution < -0.4 is 0 Å². The fourth-order valence-corrected chi connectivity index (χ4v) is 9.86. The van der Waals surface area contributed by atoms with Crippen molar-refractivity contribution >= 4 is 96.9 Å². The summed E-state index contributed by atoms with van der Waals surface area (Å²) >= 11 is 1.76. The van der Waals surface area contributed by atoms with Crippen molar-refractivity contribution in [1.82, 2.24) is 28.7 Å². The summed E-state index contributed by atoms with van der Waals surface area (Å²) in [7, 11) is 0. The molecule has 58 heavy (non-hydrogen) atoms. The van der Waals surface area contributed by atoms with E-state index >= 15 is 0 Å². The molecule has 0 aliphatic carbocycles. The van der Waals surface area contributed by atoms with Crippen LogP contribution in [0.2, 0.25) is 0 Å². The molecule has 7 heteroatoms. The van der Waals surface area contributed by atoms with Gasteiger partial charge in [-0.25, -0.2) is 0 Å². The van der Waals surface area contributed by atoms with Crippen molar-refractivity contribution in [3.63, 3.8) is 0 Å². The van der Waals surface area contributed by atoms with E-state index in [-0.39, 0.29) is 65.0 Å². The summed E-state index contributed by atoms with van der Waals surface area (Å²) < 4.78 is 79.1. The Morgan fingerprint density at radius 3 is 1.62 bits per heavy atom. The molecule has 8 aromatic carbocycles. The van der Waals surface area contributed by atoms with Gasteiger partial charge in [-0.15, -0.1) is 11.3 Å². The molecule has 0 bridgehead atoms. The van der Waals surface area contributed by atoms with Crippen molar-refractivity contribution in [3.8, 4) is 29.0 Å². The van der Waals surface area contributed by atoms with E-state index in [4.69, 9.17) is 23.2 Å². The molecule has 0 unspecified atom stereocenters. The lowest BCUT2D eigenvalue weighted by Gasteiger charge is -2.14. The maximum Gasteiger partial charge on any atom is 0.240 e. The second kappa shape index (κ2) is 11.9. The topological polar surface area (TPSA) is 53.5 Å². The first-order valence-corrected chi connectivity index (χ1v) is 19.6. The Morgan fingerprint density at radius 2 is 0.966 bits per heavy atom. The lowest BCUT2D eigenvalue weighted by atomic mass is 10.1. The maximum atomic E-state index is 9.23. The van der Waals surface area contributed by atoms with Crippen LogP contribution in [-0.2, 0) is 0 Å². The quantitative estimate of drug-likeness (QED) is 0.179. The molecule has 13 aromatic rings. The molecular weight excluding hydrogens is 729 g/mol. The zero-order valence-electron chi connectivity index (χ0n) is 38.3. The van der Waals surface area contributed by atoms with Crippen LogP contribution in [0, 0.1) is 0 Å². The Kier molecular flexibility index (Phi) is 5.11. The largest absolute Gasteiger partial charge is 0.309 e. The SMILES string of the molecule is [2H]c1c([2H])c([2H])c2c(c1[2H])c1ccccc1n2-c1nc(-c2cccc(-n3c4ccccc4c4ccc5sc6ccccc6c5c43)c2)nc(-n2c3ccccc3c3c([2H])c([2H])c([2H])c([2H])c32)n1. The van der Waals surface area contributed by atoms with E-state index < -0.39 is 12.1 Å². The van der Waals surface area contributed by atoms with Gasteiger partial charge in [0.1, 0.15) is 0 Å². The third kappa shape index (κ3) is 4.39. The van der Waals surface area contributed by atoms with Gasteiger partial charge in [-0.1, -0.05) is 127 Å². The van der Waals surface area contributed by atoms with Gasteiger partial charge in [0.05, 0.1) is 44.1 Å². The zero-order valence-corrected chi connectivity index (χ0v) is 31.1. The van der Waals surface area contributed by atoms with Crippen LogP contribution in [0.3, 0.4) is 0 Å². The Bertz CT molecular complexity index is 4150. The molecule has 5 heterocycles. The van der Waals surface area contributed by atoms with E-state index in [1.54, 1.807) is 20.5 Å². The molecule has 0 atom stereocenters. The second-order valence-electron chi connectivity index (χ2n) is 14.2. The molecule has 0 aliphatic rings. The second-order valence-corrected chi connectivity index (χ2v) is 15.3. The van der Waals surface area contributed by atoms with E-state index in [9.17, 15) is 2.74 Å². The van der Waals surface area contributed by atoms with E-state index in [0.29, 0.717) is 38.1 Å². The Morgan fingerprint density at radius 1 is 0.414 bits per heavy atom. The molecule has 5 aromatic heterocycles. The smallest absolute Gasteiger partial charge is 0.240 e. The van der Waals surface area contributed by atoms with Gasteiger partial charge in [0.2, 0.25) is 11.9 Å². The molecule has 0 amide bonds. The van der Waals surface area contributed by atoms with Crippen molar-refractivity contribution in [1.29, 1.82) is 0 Å². The van der Waals surface area contributed by atoms with Crippen LogP contribution in [0.1, 0.15) is 11.0 Å². The summed E-state index contributed by atoms with van der Waals surface area (Å²) in [5, 5.41) is 6.33. The zero-order chi connectivity index (χ0) is 44.9. The number of rotatable bonds is 4. The molecule has 0 aliphatic heterocycles. The summed E-state index contributed by atoms with van der Waals surface area (Å²) in [6, 6.07) is 41.2. The normalized spacial score (nSPS) is 14.1. The highest BCUT2D eigenvalue weighted by molar-refractivity contribution is 7.26. The summed E-state index contributed by atoms with van der Waals surface area (Å²) in [6.45, 7) is 0. The van der Waals surface area contributed by atoms with Crippen LogP contribution in [0.5, 0.6) is 0 Å². The first-order valence-electron chi connectivity index (χ1n) is 22.8. The van der Waals surface area contributed by atoms with Gasteiger partial charge >= 0.3 is 0 Å². The van der Waals surface area contributed by atoms with E-state index in [1.165, 1.54) is 14.8 Å². The average Bonchev–Trinajstić information content (AvgIpc) is 4.10. The van der Waals surface area contributed by atoms with E-state index in [0.717, 1.165) is 32.9 Å². The molecule has 270 valence electrons. The number of hydrogen-bond acceptors (Lipinski definition) is 4. The number of fused-ring (bicyclic) bond motifs is 13. The van der Waals surface area contributed by atoms with Crippen molar-refractivity contribution < 1.29 is 11.0 Å². The van der Waals surface area contributed by atoms with Gasteiger partial charge < -0.3 is 4.57 Å². The minimum Gasteiger partial charge on any atom is -0.309 e. The van der Waals surface area contributed by atoms with Gasteiger partial charge in [0, 0.05) is 63.7 Å². The molecule has 0 fully saturated rings. The average molecular weight is 767 g/mol. The maximum absolute atomic E-state index is 9.23. The molecule has 13 rings (SSSR count). The highest BCUT2D eigenvalue weighted by Gasteiger charge is 2.22. The summed E-state index contributed by atoms with van der Waals surface area (Å²) in [6.07, 6.45) is 0. The Hall–Kier alpha value is -7.61. The minimum absolute atomic E-state index is 0.0479. The van der Waals surface area contributed by atoms with E-state index in [1.807, 2.05) is 72.8 Å². The number of hydrogen-bond donors (Lipinski definition) is 0. The van der Waals surface area contributed by atoms with Crippen LogP contribution in [-0.4, -0.2) is 28.7 Å². The van der Waals surface area contributed by atoms with Crippen molar-refractivity contribution in [3.05, 3.63) is 182 Å². The molecule has 0 radical (unpaired) electrons. The molecule has 0 spiro atoms. The number of aromatic nitrogens is 6. The van der Waals surface area contributed by atoms with Gasteiger partial charge in [0.15, 0.2) is 5.82 Å². The van der Waals surface area contributed by atoms with Crippen LogP contribution in [0.25, 0.3) is 115 Å². The van der Waals surface area contributed by atoms with Gasteiger partial charge in [-0.2, -0.15) is 15.0 Å². The Balaban J connectivity index is 1.15. The summed E-state index contributed by atoms with van der Waals surface area (Å²) in [4.78, 5) is 15.4. The van der Waals surface area contributed by atoms with Gasteiger partial charge in [-0.3, -0.25) is 9.13 Å². The number of thiophene rings is 1. The van der Waals surface area contributed by atoms with Crippen LogP contribution in [0.15, 0.2) is 182 Å². The Labute approximate surface area is 346 Å². The highest BCUT2D eigenvalue weighted by Crippen LogP contribution is 2.43. The first kappa shape index (κ1) is 24.8. The highest BCUT2D eigenvalue weighted by atomic mass is 32.1. The third-order valence-corrected chi connectivity index (χ3v) is 12.3. The molecule has 0 saturated carbocycles. The lowest BCUT2D eigenvalue weighted by Crippen LogP contribution is -2.10. The fourth-order valence-electron chi connectivity index (χ4n) is 8.75. The monoisotopic (exact) mass is 766 g/mol. The summed E-state index contributed by atoms with van der Waals surface area (Å²) in [5.74, 6) is 0.320. The predicted molar refractivity (Wildman–Crippen MR) is 241 cm³/mol. The molecular formula is C51H30N6S. The number of nitrogens with zero attached hydrogens (tertiary/aromatic N) is 6. The van der Waals surface area contributed by atoms with Crippen molar-refractivity contribution in [2.45, 2.75) is 0 Å². The first-order chi connectivity index (χ1) is 32.1. The van der Waals surface area contributed by atoms with Crippen molar-refractivity contribution in [2.24, 2.45) is 0 Å². The van der Waals surface area contributed by atoms with Gasteiger partial charge in [-0.05, 0) is 54.5 Å². The van der Waals surface area contributed by atoms with Crippen LogP contribution >= 0.6 is 11.3 Å². The molecule has 0 N–H and O–H groups in total. The molecule has 6 nitrogen and oxygen atoms in total. The standard InChI is InChI=1S/C51H30N6S/c1-8-23-41-33(16-1)34-17-2-9-24-42(34)56(41)50-52-49(53-51(54-50)57-43-25-10-3-18-35(43)36-19-4-11-26-44(36)57)31-14-13-15-32(30-31)55-40-22-7-5-20-37(40)38-28-29-46-47(48(38)55)39-21-6-12-27-45(39)58-46/h1-30H/i1D,3D,8D,10D,16D,18D,23D,25D. The predicted octanol–water partition coefficient (Wildman–Crippen LogP) is 13.2. The molecule has 0 saturated heterocycles. The number of benzene rings is 8. The lowest BCUT2D eigenvalue weighted by molar-refractivity contribution is 0.892. The fraction of sp³-hybridized carbons (Fsp3) is 0.